The lowest BCUT2D eigenvalue weighted by Crippen LogP contribution is -2.44. The second-order valence-corrected chi connectivity index (χ2v) is 7.85. The van der Waals surface area contributed by atoms with Gasteiger partial charge in [0.25, 0.3) is 0 Å². The number of aromatic nitrogens is 2. The number of hydrogen-bond donors (Lipinski definition) is 0. The van der Waals surface area contributed by atoms with Crippen molar-refractivity contribution in [3.05, 3.63) is 9.47 Å². The van der Waals surface area contributed by atoms with Crippen LogP contribution in [0.15, 0.2) is 0 Å². The van der Waals surface area contributed by atoms with Gasteiger partial charge in [-0.3, -0.25) is 4.90 Å². The molecule has 2 saturated carbocycles. The molecule has 1 aromatic heterocycles. The average Bonchev–Trinajstić information content (AvgIpc) is 2.92. The Morgan fingerprint density at radius 2 is 1.45 bits per heavy atom. The van der Waals surface area contributed by atoms with Crippen LogP contribution >= 0.6 is 22.9 Å². The van der Waals surface area contributed by atoms with Crippen molar-refractivity contribution in [1.29, 1.82) is 0 Å². The van der Waals surface area contributed by atoms with Crippen molar-refractivity contribution in [2.45, 2.75) is 82.8 Å². The van der Waals surface area contributed by atoms with Crippen LogP contribution in [0.1, 0.15) is 69.2 Å². The van der Waals surface area contributed by atoms with Crippen LogP contribution in [0.5, 0.6) is 0 Å². The van der Waals surface area contributed by atoms with Gasteiger partial charge in [0, 0.05) is 12.1 Å². The first kappa shape index (κ1) is 14.7. The fourth-order valence-electron chi connectivity index (χ4n) is 3.83. The van der Waals surface area contributed by atoms with E-state index in [-0.39, 0.29) is 0 Å². The van der Waals surface area contributed by atoms with Crippen LogP contribution in [-0.2, 0) is 6.54 Å². The van der Waals surface area contributed by atoms with E-state index in [1.807, 2.05) is 0 Å². The van der Waals surface area contributed by atoms with Gasteiger partial charge in [0.15, 0.2) is 0 Å². The molecule has 112 valence electrons. The van der Waals surface area contributed by atoms with Gasteiger partial charge >= 0.3 is 0 Å². The Hall–Kier alpha value is -0.190. The third kappa shape index (κ3) is 3.71. The highest BCUT2D eigenvalue weighted by Gasteiger charge is 2.29. The van der Waals surface area contributed by atoms with Gasteiger partial charge in [0.2, 0.25) is 4.47 Å². The van der Waals surface area contributed by atoms with E-state index < -0.39 is 0 Å². The Labute approximate surface area is 130 Å². The zero-order valence-electron chi connectivity index (χ0n) is 12.1. The highest BCUT2D eigenvalue weighted by molar-refractivity contribution is 7.15. The molecule has 0 saturated heterocycles. The highest BCUT2D eigenvalue weighted by atomic mass is 35.5. The molecule has 0 aromatic carbocycles. The molecule has 0 spiro atoms. The summed E-state index contributed by atoms with van der Waals surface area (Å²) >= 11 is 7.49. The molecule has 0 bridgehead atoms. The monoisotopic (exact) mass is 313 g/mol. The first-order valence-corrected chi connectivity index (χ1v) is 9.26. The summed E-state index contributed by atoms with van der Waals surface area (Å²) in [5.41, 5.74) is 0. The van der Waals surface area contributed by atoms with Crippen LogP contribution in [-0.4, -0.2) is 27.2 Å². The maximum atomic E-state index is 5.94. The molecule has 20 heavy (non-hydrogen) atoms. The lowest BCUT2D eigenvalue weighted by molar-refractivity contribution is 0.0728. The molecule has 0 N–H and O–H groups in total. The predicted octanol–water partition coefficient (Wildman–Crippen LogP) is 4.66. The van der Waals surface area contributed by atoms with Gasteiger partial charge < -0.3 is 0 Å². The summed E-state index contributed by atoms with van der Waals surface area (Å²) in [6.07, 6.45) is 13.9. The van der Waals surface area contributed by atoms with Crippen molar-refractivity contribution in [2.24, 2.45) is 0 Å². The molecule has 0 unspecified atom stereocenters. The Balaban J connectivity index is 1.71. The minimum Gasteiger partial charge on any atom is -0.291 e. The molecule has 0 radical (unpaired) electrons. The third-order valence-electron chi connectivity index (χ3n) is 4.85. The zero-order chi connectivity index (χ0) is 13.8. The van der Waals surface area contributed by atoms with Gasteiger partial charge in [0.1, 0.15) is 5.01 Å². The van der Waals surface area contributed by atoms with Crippen LogP contribution < -0.4 is 0 Å². The van der Waals surface area contributed by atoms with Crippen LogP contribution in [0.25, 0.3) is 0 Å². The number of hydrogen-bond acceptors (Lipinski definition) is 4. The Morgan fingerprint density at radius 3 is 1.90 bits per heavy atom. The smallest absolute Gasteiger partial charge is 0.207 e. The molecule has 1 heterocycles. The fourth-order valence-corrected chi connectivity index (χ4v) is 4.71. The maximum absolute atomic E-state index is 5.94. The Kier molecular flexibility index (Phi) is 5.30. The van der Waals surface area contributed by atoms with E-state index in [4.69, 9.17) is 11.6 Å². The van der Waals surface area contributed by atoms with Crippen molar-refractivity contribution in [3.63, 3.8) is 0 Å². The molecule has 0 aliphatic heterocycles. The predicted molar refractivity (Wildman–Crippen MR) is 84.2 cm³/mol. The van der Waals surface area contributed by atoms with Crippen LogP contribution in [0.2, 0.25) is 4.47 Å². The quantitative estimate of drug-likeness (QED) is 0.809. The van der Waals surface area contributed by atoms with Crippen molar-refractivity contribution in [3.8, 4) is 0 Å². The van der Waals surface area contributed by atoms with Crippen molar-refractivity contribution >= 4 is 22.9 Å². The normalized spacial score (nSPS) is 22.5. The number of rotatable bonds is 4. The van der Waals surface area contributed by atoms with E-state index >= 15 is 0 Å². The van der Waals surface area contributed by atoms with Gasteiger partial charge in [-0.15, -0.1) is 10.2 Å². The van der Waals surface area contributed by atoms with Gasteiger partial charge in [-0.05, 0) is 37.3 Å². The zero-order valence-corrected chi connectivity index (χ0v) is 13.6. The van der Waals surface area contributed by atoms with Gasteiger partial charge in [-0.25, -0.2) is 0 Å². The molecule has 3 rings (SSSR count). The molecule has 2 aliphatic carbocycles. The van der Waals surface area contributed by atoms with E-state index in [0.29, 0.717) is 4.47 Å². The SMILES string of the molecule is Clc1nnc(CN(C2CCCCC2)C2CCCCC2)s1. The first-order valence-electron chi connectivity index (χ1n) is 8.06. The largest absolute Gasteiger partial charge is 0.291 e. The lowest BCUT2D eigenvalue weighted by Gasteiger charge is -2.41. The first-order chi connectivity index (χ1) is 9.83. The average molecular weight is 314 g/mol. The molecular weight excluding hydrogens is 290 g/mol. The number of halogens is 1. The summed E-state index contributed by atoms with van der Waals surface area (Å²) in [4.78, 5) is 2.75. The van der Waals surface area contributed by atoms with Crippen LogP contribution in [0.4, 0.5) is 0 Å². The Morgan fingerprint density at radius 1 is 0.900 bits per heavy atom. The fraction of sp³-hybridized carbons (Fsp3) is 0.867. The van der Waals surface area contributed by atoms with Gasteiger partial charge in [-0.1, -0.05) is 49.9 Å². The van der Waals surface area contributed by atoms with Gasteiger partial charge in [-0.2, -0.15) is 0 Å². The summed E-state index contributed by atoms with van der Waals surface area (Å²) in [6.45, 7) is 0.958. The molecule has 2 aliphatic rings. The molecule has 5 heteroatoms. The second-order valence-electron chi connectivity index (χ2n) is 6.20. The molecule has 0 amide bonds. The lowest BCUT2D eigenvalue weighted by atomic mass is 9.88. The maximum Gasteiger partial charge on any atom is 0.207 e. The van der Waals surface area contributed by atoms with Crippen molar-refractivity contribution in [1.82, 2.24) is 15.1 Å². The minimum atomic E-state index is 0.576. The summed E-state index contributed by atoms with van der Waals surface area (Å²) in [7, 11) is 0. The topological polar surface area (TPSA) is 29.0 Å². The molecular formula is C15H24ClN3S. The molecule has 0 atom stereocenters. The summed E-state index contributed by atoms with van der Waals surface area (Å²) < 4.78 is 0.576. The summed E-state index contributed by atoms with van der Waals surface area (Å²) in [5, 5.41) is 9.30. The van der Waals surface area contributed by atoms with Gasteiger partial charge in [0.05, 0.1) is 6.54 Å². The van der Waals surface area contributed by atoms with Crippen molar-refractivity contribution in [2.75, 3.05) is 0 Å². The summed E-state index contributed by atoms with van der Waals surface area (Å²) in [6, 6.07) is 1.52. The van der Waals surface area contributed by atoms with Crippen LogP contribution in [0, 0.1) is 0 Å². The molecule has 1 aromatic rings. The highest BCUT2D eigenvalue weighted by Crippen LogP contribution is 2.32. The van der Waals surface area contributed by atoms with E-state index in [1.165, 1.54) is 64.2 Å². The standard InChI is InChI=1S/C15H24ClN3S/c16-15-18-17-14(20-15)11-19(12-7-3-1-4-8-12)13-9-5-2-6-10-13/h12-13H,1-11H2. The second kappa shape index (κ2) is 7.19. The van der Waals surface area contributed by atoms with Crippen molar-refractivity contribution < 1.29 is 0 Å². The van der Waals surface area contributed by atoms with E-state index in [9.17, 15) is 0 Å². The Bertz CT molecular complexity index is 393. The number of nitrogens with zero attached hydrogens (tertiary/aromatic N) is 3. The molecule has 3 nitrogen and oxygen atoms in total. The third-order valence-corrected chi connectivity index (χ3v) is 5.85. The van der Waals surface area contributed by atoms with E-state index in [0.717, 1.165) is 23.6 Å². The minimum absolute atomic E-state index is 0.576. The molecule has 2 fully saturated rings. The van der Waals surface area contributed by atoms with E-state index in [1.54, 1.807) is 11.3 Å². The van der Waals surface area contributed by atoms with E-state index in [2.05, 4.69) is 15.1 Å². The van der Waals surface area contributed by atoms with Crippen LogP contribution in [0.3, 0.4) is 0 Å². The summed E-state index contributed by atoms with van der Waals surface area (Å²) in [5.74, 6) is 0.